The third-order valence-corrected chi connectivity index (χ3v) is 5.94. The number of nitrogens with two attached hydrogens (primary N) is 1. The first-order chi connectivity index (χ1) is 13.6. The summed E-state index contributed by atoms with van der Waals surface area (Å²) in [6.45, 7) is 1.00. The molecule has 28 heavy (non-hydrogen) atoms. The van der Waals surface area contributed by atoms with E-state index in [1.54, 1.807) is 0 Å². The molecule has 1 aliphatic heterocycles. The molecule has 7 heteroatoms. The predicted octanol–water partition coefficient (Wildman–Crippen LogP) is 1.07. The van der Waals surface area contributed by atoms with Crippen molar-refractivity contribution in [1.29, 1.82) is 0 Å². The number of hydrogen-bond acceptors (Lipinski definition) is 4. The Balaban J connectivity index is 1.24. The fourth-order valence-corrected chi connectivity index (χ4v) is 4.31. The highest BCUT2D eigenvalue weighted by Gasteiger charge is 2.27. The van der Waals surface area contributed by atoms with Gasteiger partial charge in [-0.15, -0.1) is 0 Å². The average molecular weight is 383 g/mol. The summed E-state index contributed by atoms with van der Waals surface area (Å²) in [4.78, 5) is 28.1. The minimum Gasteiger partial charge on any atom is -0.357 e. The standard InChI is InChI=1S/C21H29N5O2/c22-13-5-7-14(8-6-13)25-20(27)9-10-23-21(28)18-11-16-15-3-1-2-4-17(15)26-19(16)12-24-18/h1-4,13-14,18,24,26H,5-12,22H2,(H,23,28)(H,25,27). The molecule has 0 spiro atoms. The Bertz CT molecular complexity index is 854. The van der Waals surface area contributed by atoms with Crippen molar-refractivity contribution >= 4 is 22.7 Å². The maximum Gasteiger partial charge on any atom is 0.237 e. The van der Waals surface area contributed by atoms with Crippen LogP contribution in [0.2, 0.25) is 0 Å². The highest BCUT2D eigenvalue weighted by Crippen LogP contribution is 2.26. The van der Waals surface area contributed by atoms with E-state index in [0.717, 1.165) is 36.9 Å². The van der Waals surface area contributed by atoms with Gasteiger partial charge in [0.2, 0.25) is 11.8 Å². The van der Waals surface area contributed by atoms with Crippen LogP contribution in [-0.2, 0) is 22.6 Å². The Kier molecular flexibility index (Phi) is 5.64. The van der Waals surface area contributed by atoms with Crippen LogP contribution in [0, 0.1) is 0 Å². The maximum atomic E-state index is 12.5. The van der Waals surface area contributed by atoms with E-state index in [0.29, 0.717) is 25.9 Å². The SMILES string of the molecule is NC1CCC(NC(=O)CCNC(=O)C2Cc3c([nH]c4ccccc34)CN2)CC1. The van der Waals surface area contributed by atoms with E-state index in [1.165, 1.54) is 10.9 Å². The maximum absolute atomic E-state index is 12.5. The summed E-state index contributed by atoms with van der Waals surface area (Å²) in [6.07, 6.45) is 4.77. The first-order valence-corrected chi connectivity index (χ1v) is 10.2. The number of carbonyl (C=O) groups excluding carboxylic acids is 2. The van der Waals surface area contributed by atoms with Crippen molar-refractivity contribution in [2.45, 2.75) is 63.2 Å². The van der Waals surface area contributed by atoms with Gasteiger partial charge in [0.15, 0.2) is 0 Å². The molecular formula is C21H29N5O2. The summed E-state index contributed by atoms with van der Waals surface area (Å²) in [7, 11) is 0. The van der Waals surface area contributed by atoms with Crippen molar-refractivity contribution in [3.05, 3.63) is 35.5 Å². The van der Waals surface area contributed by atoms with Crippen molar-refractivity contribution in [1.82, 2.24) is 20.9 Å². The van der Waals surface area contributed by atoms with Crippen molar-refractivity contribution in [3.63, 3.8) is 0 Å². The van der Waals surface area contributed by atoms with Crippen molar-refractivity contribution < 1.29 is 9.59 Å². The monoisotopic (exact) mass is 383 g/mol. The molecule has 4 rings (SSSR count). The van der Waals surface area contributed by atoms with Gasteiger partial charge in [-0.1, -0.05) is 18.2 Å². The zero-order valence-corrected chi connectivity index (χ0v) is 16.1. The summed E-state index contributed by atoms with van der Waals surface area (Å²) in [6, 6.07) is 8.40. The zero-order chi connectivity index (χ0) is 19.5. The third kappa shape index (κ3) is 4.20. The summed E-state index contributed by atoms with van der Waals surface area (Å²) < 4.78 is 0. The number of H-pyrrole nitrogens is 1. The van der Waals surface area contributed by atoms with Crippen LogP contribution in [0.4, 0.5) is 0 Å². The van der Waals surface area contributed by atoms with E-state index >= 15 is 0 Å². The number of benzene rings is 1. The van der Waals surface area contributed by atoms with E-state index in [4.69, 9.17) is 5.73 Å². The second-order valence-electron chi connectivity index (χ2n) is 7.99. The number of hydrogen-bond donors (Lipinski definition) is 5. The fraction of sp³-hybridized carbons (Fsp3) is 0.524. The Morgan fingerprint density at radius 3 is 2.75 bits per heavy atom. The number of aromatic nitrogens is 1. The lowest BCUT2D eigenvalue weighted by molar-refractivity contribution is -0.124. The van der Waals surface area contributed by atoms with Gasteiger partial charge in [0.25, 0.3) is 0 Å². The van der Waals surface area contributed by atoms with Gasteiger partial charge in [0, 0.05) is 48.2 Å². The first-order valence-electron chi connectivity index (χ1n) is 10.2. The fourth-order valence-electron chi connectivity index (χ4n) is 4.31. The van der Waals surface area contributed by atoms with Crippen LogP contribution >= 0.6 is 0 Å². The molecule has 2 aromatic rings. The zero-order valence-electron chi connectivity index (χ0n) is 16.1. The van der Waals surface area contributed by atoms with Gasteiger partial charge in [-0.3, -0.25) is 14.9 Å². The van der Waals surface area contributed by atoms with E-state index < -0.39 is 0 Å². The number of carbonyl (C=O) groups is 2. The Hall–Kier alpha value is -2.38. The Morgan fingerprint density at radius 2 is 1.93 bits per heavy atom. The number of rotatable bonds is 5. The van der Waals surface area contributed by atoms with Crippen LogP contribution in [0.15, 0.2) is 24.3 Å². The normalized spacial score (nSPS) is 24.5. The molecule has 2 aliphatic rings. The van der Waals surface area contributed by atoms with E-state index in [1.807, 2.05) is 12.1 Å². The molecule has 0 bridgehead atoms. The highest BCUT2D eigenvalue weighted by atomic mass is 16.2. The van der Waals surface area contributed by atoms with Crippen LogP contribution in [0.3, 0.4) is 0 Å². The third-order valence-electron chi connectivity index (χ3n) is 5.94. The van der Waals surface area contributed by atoms with Gasteiger partial charge < -0.3 is 21.4 Å². The number of nitrogens with one attached hydrogen (secondary N) is 4. The van der Waals surface area contributed by atoms with Crippen LogP contribution in [0.5, 0.6) is 0 Å². The van der Waals surface area contributed by atoms with E-state index in [9.17, 15) is 9.59 Å². The molecule has 6 N–H and O–H groups in total. The Labute approximate surface area is 164 Å². The molecule has 0 radical (unpaired) electrons. The molecule has 1 unspecified atom stereocenters. The van der Waals surface area contributed by atoms with Crippen LogP contribution in [-0.4, -0.2) is 41.5 Å². The van der Waals surface area contributed by atoms with Crippen molar-refractivity contribution in [3.8, 4) is 0 Å². The van der Waals surface area contributed by atoms with Gasteiger partial charge in [-0.2, -0.15) is 0 Å². The van der Waals surface area contributed by atoms with Crippen LogP contribution in [0.25, 0.3) is 10.9 Å². The smallest absolute Gasteiger partial charge is 0.237 e. The molecule has 1 aromatic heterocycles. The molecule has 1 saturated carbocycles. The van der Waals surface area contributed by atoms with Crippen molar-refractivity contribution in [2.24, 2.45) is 5.73 Å². The molecule has 1 atom stereocenters. The molecule has 150 valence electrons. The molecular weight excluding hydrogens is 354 g/mol. The Morgan fingerprint density at radius 1 is 1.14 bits per heavy atom. The largest absolute Gasteiger partial charge is 0.357 e. The molecule has 2 heterocycles. The molecule has 0 saturated heterocycles. The van der Waals surface area contributed by atoms with Gasteiger partial charge >= 0.3 is 0 Å². The summed E-state index contributed by atoms with van der Waals surface area (Å²) in [5, 5.41) is 10.4. The van der Waals surface area contributed by atoms with E-state index in [-0.39, 0.29) is 29.9 Å². The second kappa shape index (κ2) is 8.32. The number of amides is 2. The summed E-state index contributed by atoms with van der Waals surface area (Å²) in [5.41, 5.74) is 9.37. The molecule has 1 fully saturated rings. The van der Waals surface area contributed by atoms with Crippen LogP contribution in [0.1, 0.15) is 43.4 Å². The summed E-state index contributed by atoms with van der Waals surface area (Å²) >= 11 is 0. The quantitative estimate of drug-likeness (QED) is 0.532. The molecule has 1 aliphatic carbocycles. The van der Waals surface area contributed by atoms with Gasteiger partial charge in [0.05, 0.1) is 6.04 Å². The number of fused-ring (bicyclic) bond motifs is 3. The summed E-state index contributed by atoms with van der Waals surface area (Å²) in [5.74, 6) is -0.0522. The minimum absolute atomic E-state index is 0.00344. The predicted molar refractivity (Wildman–Crippen MR) is 109 cm³/mol. The van der Waals surface area contributed by atoms with Gasteiger partial charge in [0.1, 0.15) is 0 Å². The lowest BCUT2D eigenvalue weighted by atomic mass is 9.92. The second-order valence-corrected chi connectivity index (χ2v) is 7.99. The highest BCUT2D eigenvalue weighted by molar-refractivity contribution is 5.88. The lowest BCUT2D eigenvalue weighted by Crippen LogP contribution is -2.48. The minimum atomic E-state index is -0.269. The number of aromatic amines is 1. The van der Waals surface area contributed by atoms with Crippen molar-refractivity contribution in [2.75, 3.05) is 6.54 Å². The number of para-hydroxylation sites is 1. The molecule has 2 amide bonds. The molecule has 1 aromatic carbocycles. The van der Waals surface area contributed by atoms with Gasteiger partial charge in [-0.05, 0) is 43.7 Å². The average Bonchev–Trinajstić information content (AvgIpc) is 3.07. The molecule has 7 nitrogen and oxygen atoms in total. The van der Waals surface area contributed by atoms with E-state index in [2.05, 4.69) is 33.1 Å². The van der Waals surface area contributed by atoms with Crippen LogP contribution < -0.4 is 21.7 Å². The van der Waals surface area contributed by atoms with Gasteiger partial charge in [-0.25, -0.2) is 0 Å². The first kappa shape index (κ1) is 19.0. The lowest BCUT2D eigenvalue weighted by Gasteiger charge is -2.27. The topological polar surface area (TPSA) is 112 Å².